The molecule has 1 aliphatic rings. The quantitative estimate of drug-likeness (QED) is 0.695. The predicted molar refractivity (Wildman–Crippen MR) is 56.4 cm³/mol. The molecule has 0 aromatic rings. The van der Waals surface area contributed by atoms with Gasteiger partial charge in [0, 0.05) is 18.0 Å². The van der Waals surface area contributed by atoms with E-state index in [-0.39, 0.29) is 5.54 Å². The van der Waals surface area contributed by atoms with Crippen molar-refractivity contribution < 1.29 is 4.74 Å². The number of halogens is 1. The van der Waals surface area contributed by atoms with Crippen molar-refractivity contribution in [2.75, 3.05) is 19.0 Å². The second kappa shape index (κ2) is 5.18. The highest BCUT2D eigenvalue weighted by atomic mass is 35.5. The Morgan fingerprint density at radius 2 is 2.31 bits per heavy atom. The molecule has 1 N–H and O–H groups in total. The summed E-state index contributed by atoms with van der Waals surface area (Å²) >= 11 is 5.79. The van der Waals surface area contributed by atoms with Crippen LogP contribution in [0.15, 0.2) is 0 Å². The van der Waals surface area contributed by atoms with Gasteiger partial charge in [-0.1, -0.05) is 0 Å². The molecule has 1 atom stereocenters. The third kappa shape index (κ3) is 4.30. The zero-order valence-corrected chi connectivity index (χ0v) is 9.36. The van der Waals surface area contributed by atoms with Gasteiger partial charge in [0.05, 0.1) is 6.10 Å². The van der Waals surface area contributed by atoms with Crippen LogP contribution in [0.4, 0.5) is 0 Å². The van der Waals surface area contributed by atoms with E-state index in [1.54, 1.807) is 0 Å². The molecule has 0 aliphatic carbocycles. The molecule has 0 aromatic carbocycles. The first kappa shape index (κ1) is 11.3. The Morgan fingerprint density at radius 3 is 2.85 bits per heavy atom. The summed E-state index contributed by atoms with van der Waals surface area (Å²) in [5.74, 6) is 0.651. The molecule has 1 unspecified atom stereocenters. The standard InChI is InChI=1S/C10H20ClNO/c1-10(2,8-11)12-6-5-9-4-3-7-13-9/h9,12H,3-8H2,1-2H3. The Hall–Kier alpha value is 0.210. The summed E-state index contributed by atoms with van der Waals surface area (Å²) in [6.45, 7) is 6.19. The molecule has 0 amide bonds. The fourth-order valence-electron chi connectivity index (χ4n) is 1.49. The lowest BCUT2D eigenvalue weighted by Gasteiger charge is -2.24. The normalized spacial score (nSPS) is 23.8. The van der Waals surface area contributed by atoms with Crippen molar-refractivity contribution in [2.45, 2.75) is 44.8 Å². The fraction of sp³-hybridized carbons (Fsp3) is 1.00. The van der Waals surface area contributed by atoms with Crippen LogP contribution in [0.3, 0.4) is 0 Å². The van der Waals surface area contributed by atoms with Gasteiger partial charge in [-0.2, -0.15) is 0 Å². The van der Waals surface area contributed by atoms with E-state index in [1.165, 1.54) is 12.8 Å². The highest BCUT2D eigenvalue weighted by Crippen LogP contribution is 2.15. The minimum atomic E-state index is 0.0557. The molecule has 0 saturated carbocycles. The Morgan fingerprint density at radius 1 is 1.54 bits per heavy atom. The van der Waals surface area contributed by atoms with Gasteiger partial charge in [0.1, 0.15) is 0 Å². The lowest BCUT2D eigenvalue weighted by molar-refractivity contribution is 0.102. The van der Waals surface area contributed by atoms with Crippen molar-refractivity contribution in [3.05, 3.63) is 0 Å². The van der Waals surface area contributed by atoms with Crippen LogP contribution in [0.5, 0.6) is 0 Å². The van der Waals surface area contributed by atoms with Gasteiger partial charge in [-0.3, -0.25) is 0 Å². The number of rotatable bonds is 5. The maximum atomic E-state index is 5.79. The molecule has 1 rings (SSSR count). The Bertz CT molecular complexity index is 144. The van der Waals surface area contributed by atoms with E-state index >= 15 is 0 Å². The second-order valence-corrected chi connectivity index (χ2v) is 4.64. The Balaban J connectivity index is 2.06. The van der Waals surface area contributed by atoms with Crippen LogP contribution in [0.25, 0.3) is 0 Å². The van der Waals surface area contributed by atoms with Crippen molar-refractivity contribution in [1.29, 1.82) is 0 Å². The molecular weight excluding hydrogens is 186 g/mol. The van der Waals surface area contributed by atoms with Crippen LogP contribution in [0.1, 0.15) is 33.1 Å². The average molecular weight is 206 g/mol. The number of alkyl halides is 1. The fourth-order valence-corrected chi connectivity index (χ4v) is 1.59. The Labute approximate surface area is 86.0 Å². The van der Waals surface area contributed by atoms with E-state index in [2.05, 4.69) is 19.2 Å². The molecule has 1 fully saturated rings. The summed E-state index contributed by atoms with van der Waals surface area (Å²) in [5, 5.41) is 3.42. The highest BCUT2D eigenvalue weighted by molar-refractivity contribution is 6.18. The minimum absolute atomic E-state index is 0.0557. The average Bonchev–Trinajstić information content (AvgIpc) is 2.57. The summed E-state index contributed by atoms with van der Waals surface area (Å²) in [7, 11) is 0. The monoisotopic (exact) mass is 205 g/mol. The van der Waals surface area contributed by atoms with Gasteiger partial charge in [-0.15, -0.1) is 11.6 Å². The molecule has 13 heavy (non-hydrogen) atoms. The second-order valence-electron chi connectivity index (χ2n) is 4.37. The molecule has 1 heterocycles. The van der Waals surface area contributed by atoms with Gasteiger partial charge in [0.15, 0.2) is 0 Å². The molecule has 1 saturated heterocycles. The smallest absolute Gasteiger partial charge is 0.0588 e. The molecule has 0 spiro atoms. The predicted octanol–water partition coefficient (Wildman–Crippen LogP) is 2.16. The summed E-state index contributed by atoms with van der Waals surface area (Å²) in [4.78, 5) is 0. The number of hydrogen-bond acceptors (Lipinski definition) is 2. The van der Waals surface area contributed by atoms with Crippen LogP contribution >= 0.6 is 11.6 Å². The first-order valence-electron chi connectivity index (χ1n) is 5.07. The van der Waals surface area contributed by atoms with Crippen molar-refractivity contribution in [3.8, 4) is 0 Å². The molecule has 0 bridgehead atoms. The van der Waals surface area contributed by atoms with Crippen LogP contribution < -0.4 is 5.32 Å². The minimum Gasteiger partial charge on any atom is -0.378 e. The van der Waals surface area contributed by atoms with Crippen LogP contribution in [-0.2, 0) is 4.74 Å². The van der Waals surface area contributed by atoms with Gasteiger partial charge in [-0.05, 0) is 39.7 Å². The van der Waals surface area contributed by atoms with Crippen molar-refractivity contribution in [2.24, 2.45) is 0 Å². The largest absolute Gasteiger partial charge is 0.378 e. The zero-order valence-electron chi connectivity index (χ0n) is 8.61. The lowest BCUT2D eigenvalue weighted by Crippen LogP contribution is -2.42. The van der Waals surface area contributed by atoms with E-state index < -0.39 is 0 Å². The number of ether oxygens (including phenoxy) is 1. The summed E-state index contributed by atoms with van der Waals surface area (Å²) in [5.41, 5.74) is 0.0557. The topological polar surface area (TPSA) is 21.3 Å². The third-order valence-electron chi connectivity index (χ3n) is 2.43. The van der Waals surface area contributed by atoms with E-state index in [9.17, 15) is 0 Å². The summed E-state index contributed by atoms with van der Waals surface area (Å²) in [6, 6.07) is 0. The van der Waals surface area contributed by atoms with Crippen LogP contribution in [-0.4, -0.2) is 30.7 Å². The summed E-state index contributed by atoms with van der Waals surface area (Å²) in [6.07, 6.45) is 4.05. The van der Waals surface area contributed by atoms with Gasteiger partial charge in [0.2, 0.25) is 0 Å². The van der Waals surface area contributed by atoms with Crippen molar-refractivity contribution >= 4 is 11.6 Å². The molecule has 0 radical (unpaired) electrons. The maximum Gasteiger partial charge on any atom is 0.0588 e. The molecule has 3 heteroatoms. The SMILES string of the molecule is CC(C)(CCl)NCCC1CCCO1. The van der Waals surface area contributed by atoms with Gasteiger partial charge in [-0.25, -0.2) is 0 Å². The third-order valence-corrected chi connectivity index (χ3v) is 3.10. The Kier molecular flexibility index (Phi) is 4.50. The van der Waals surface area contributed by atoms with Crippen LogP contribution in [0, 0.1) is 0 Å². The maximum absolute atomic E-state index is 5.79. The first-order chi connectivity index (χ1) is 6.14. The van der Waals surface area contributed by atoms with E-state index in [0.717, 1.165) is 19.6 Å². The van der Waals surface area contributed by atoms with E-state index in [0.29, 0.717) is 12.0 Å². The number of nitrogens with one attached hydrogen (secondary N) is 1. The highest BCUT2D eigenvalue weighted by Gasteiger charge is 2.18. The van der Waals surface area contributed by atoms with Gasteiger partial charge in [0.25, 0.3) is 0 Å². The molecular formula is C10H20ClNO. The van der Waals surface area contributed by atoms with Crippen LogP contribution in [0.2, 0.25) is 0 Å². The molecule has 78 valence electrons. The van der Waals surface area contributed by atoms with Gasteiger partial charge < -0.3 is 10.1 Å². The zero-order chi connectivity index (χ0) is 9.73. The molecule has 0 aromatic heterocycles. The molecule has 1 aliphatic heterocycles. The first-order valence-corrected chi connectivity index (χ1v) is 5.60. The molecule has 2 nitrogen and oxygen atoms in total. The van der Waals surface area contributed by atoms with E-state index in [4.69, 9.17) is 16.3 Å². The van der Waals surface area contributed by atoms with E-state index in [1.807, 2.05) is 0 Å². The number of hydrogen-bond donors (Lipinski definition) is 1. The van der Waals surface area contributed by atoms with Gasteiger partial charge >= 0.3 is 0 Å². The summed E-state index contributed by atoms with van der Waals surface area (Å²) < 4.78 is 5.53. The van der Waals surface area contributed by atoms with Crippen molar-refractivity contribution in [3.63, 3.8) is 0 Å². The van der Waals surface area contributed by atoms with Crippen molar-refractivity contribution in [1.82, 2.24) is 5.32 Å². The lowest BCUT2D eigenvalue weighted by atomic mass is 10.1.